The van der Waals surface area contributed by atoms with Crippen LogP contribution in [0, 0.1) is 5.92 Å². The molecule has 1 unspecified atom stereocenters. The summed E-state index contributed by atoms with van der Waals surface area (Å²) < 4.78 is 5.76. The number of carbonyl (C=O) groups is 1. The quantitative estimate of drug-likeness (QED) is 0.732. The molecule has 2 fully saturated rings. The molecule has 2 aliphatic rings. The molecule has 0 aromatic heterocycles. The first kappa shape index (κ1) is 14.8. The first-order chi connectivity index (χ1) is 9.29. The molecule has 0 spiro atoms. The van der Waals surface area contributed by atoms with Crippen LogP contribution in [-0.4, -0.2) is 61.4 Å². The van der Waals surface area contributed by atoms with Crippen molar-refractivity contribution >= 4 is 5.91 Å². The predicted octanol–water partition coefficient (Wildman–Crippen LogP) is 0.376. The lowest BCUT2D eigenvalue weighted by Gasteiger charge is -2.23. The van der Waals surface area contributed by atoms with E-state index in [1.54, 1.807) is 0 Å². The maximum absolute atomic E-state index is 12.0. The molecule has 0 saturated carbocycles. The zero-order valence-electron chi connectivity index (χ0n) is 11.6. The van der Waals surface area contributed by atoms with Crippen LogP contribution in [0.25, 0.3) is 0 Å². The van der Waals surface area contributed by atoms with Crippen molar-refractivity contribution in [2.24, 2.45) is 5.92 Å². The van der Waals surface area contributed by atoms with Gasteiger partial charge in [-0.15, -0.1) is 0 Å². The monoisotopic (exact) mass is 270 g/mol. The van der Waals surface area contributed by atoms with E-state index in [0.717, 1.165) is 51.9 Å². The molecule has 0 aliphatic carbocycles. The molecule has 0 aromatic rings. The van der Waals surface area contributed by atoms with Crippen molar-refractivity contribution in [3.63, 3.8) is 0 Å². The summed E-state index contributed by atoms with van der Waals surface area (Å²) in [6.07, 6.45) is 4.77. The largest absolute Gasteiger partial charge is 0.396 e. The minimum atomic E-state index is 0.203. The second-order valence-corrected chi connectivity index (χ2v) is 5.58. The second-order valence-electron chi connectivity index (χ2n) is 5.58. The molecule has 0 aromatic carbocycles. The number of likely N-dealkylation sites (tertiary alicyclic amines) is 1. The highest BCUT2D eigenvalue weighted by molar-refractivity contribution is 5.76. The highest BCUT2D eigenvalue weighted by Gasteiger charge is 2.25. The van der Waals surface area contributed by atoms with Crippen LogP contribution in [0.4, 0.5) is 0 Å². The van der Waals surface area contributed by atoms with Crippen molar-refractivity contribution in [3.05, 3.63) is 0 Å². The van der Waals surface area contributed by atoms with Crippen molar-refractivity contribution in [2.75, 3.05) is 39.4 Å². The molecule has 2 N–H and O–H groups in total. The van der Waals surface area contributed by atoms with E-state index >= 15 is 0 Å². The normalized spacial score (nSPS) is 24.9. The molecular formula is C14H26N2O3. The Morgan fingerprint density at radius 1 is 1.32 bits per heavy atom. The van der Waals surface area contributed by atoms with Gasteiger partial charge in [0.25, 0.3) is 0 Å². The van der Waals surface area contributed by atoms with Gasteiger partial charge in [0, 0.05) is 19.7 Å². The number of ether oxygens (including phenoxy) is 1. The molecule has 2 aliphatic heterocycles. The van der Waals surface area contributed by atoms with Gasteiger partial charge < -0.3 is 20.1 Å². The van der Waals surface area contributed by atoms with Crippen LogP contribution in [0.1, 0.15) is 32.1 Å². The lowest BCUT2D eigenvalue weighted by molar-refractivity contribution is -0.132. The number of carbonyl (C=O) groups excluding carboxylic acids is 1. The Bertz CT molecular complexity index is 280. The van der Waals surface area contributed by atoms with Crippen LogP contribution in [0.2, 0.25) is 0 Å². The molecule has 110 valence electrons. The van der Waals surface area contributed by atoms with Gasteiger partial charge in [0.05, 0.1) is 19.1 Å². The van der Waals surface area contributed by atoms with Gasteiger partial charge in [0.15, 0.2) is 0 Å². The molecule has 1 atom stereocenters. The van der Waals surface area contributed by atoms with E-state index in [9.17, 15) is 4.79 Å². The third-order valence-electron chi connectivity index (χ3n) is 4.13. The molecule has 0 bridgehead atoms. The highest BCUT2D eigenvalue weighted by Crippen LogP contribution is 2.19. The van der Waals surface area contributed by atoms with E-state index in [-0.39, 0.29) is 12.5 Å². The summed E-state index contributed by atoms with van der Waals surface area (Å²) in [5, 5.41) is 12.2. The number of amides is 1. The summed E-state index contributed by atoms with van der Waals surface area (Å²) in [6.45, 7) is 4.47. The first-order valence-corrected chi connectivity index (χ1v) is 7.50. The predicted molar refractivity (Wildman–Crippen MR) is 72.9 cm³/mol. The van der Waals surface area contributed by atoms with E-state index in [1.807, 2.05) is 4.90 Å². The number of rotatable bonds is 6. The zero-order valence-corrected chi connectivity index (χ0v) is 11.6. The van der Waals surface area contributed by atoms with E-state index in [1.165, 1.54) is 0 Å². The number of hydrogen-bond donors (Lipinski definition) is 2. The van der Waals surface area contributed by atoms with Gasteiger partial charge in [0.2, 0.25) is 5.91 Å². The van der Waals surface area contributed by atoms with Gasteiger partial charge in [-0.3, -0.25) is 4.79 Å². The van der Waals surface area contributed by atoms with E-state index in [0.29, 0.717) is 25.0 Å². The number of aliphatic hydroxyl groups is 1. The summed E-state index contributed by atoms with van der Waals surface area (Å²) in [6, 6.07) is 0. The van der Waals surface area contributed by atoms with E-state index in [2.05, 4.69) is 5.32 Å². The van der Waals surface area contributed by atoms with Crippen LogP contribution in [0.3, 0.4) is 0 Å². The third-order valence-corrected chi connectivity index (χ3v) is 4.13. The average Bonchev–Trinajstić information content (AvgIpc) is 2.89. The van der Waals surface area contributed by atoms with Crippen LogP contribution in [0.5, 0.6) is 0 Å². The maximum Gasteiger partial charge on any atom is 0.224 e. The van der Waals surface area contributed by atoms with Crippen molar-refractivity contribution in [1.82, 2.24) is 10.2 Å². The maximum atomic E-state index is 12.0. The topological polar surface area (TPSA) is 61.8 Å². The average molecular weight is 270 g/mol. The van der Waals surface area contributed by atoms with Crippen LogP contribution < -0.4 is 5.32 Å². The lowest BCUT2D eigenvalue weighted by Crippen LogP contribution is -2.34. The molecule has 5 heteroatoms. The minimum absolute atomic E-state index is 0.203. The highest BCUT2D eigenvalue weighted by atomic mass is 16.5. The minimum Gasteiger partial charge on any atom is -0.396 e. The Morgan fingerprint density at radius 2 is 2.11 bits per heavy atom. The zero-order chi connectivity index (χ0) is 13.5. The molecule has 0 radical (unpaired) electrons. The fourth-order valence-electron chi connectivity index (χ4n) is 2.91. The summed E-state index contributed by atoms with van der Waals surface area (Å²) in [4.78, 5) is 13.9. The molecule has 5 nitrogen and oxygen atoms in total. The summed E-state index contributed by atoms with van der Waals surface area (Å²) >= 11 is 0. The Morgan fingerprint density at radius 3 is 2.84 bits per heavy atom. The molecule has 2 saturated heterocycles. The Balaban J connectivity index is 1.59. The van der Waals surface area contributed by atoms with Crippen molar-refractivity contribution in [1.29, 1.82) is 0 Å². The molecular weight excluding hydrogens is 244 g/mol. The summed E-state index contributed by atoms with van der Waals surface area (Å²) in [7, 11) is 0. The van der Waals surface area contributed by atoms with E-state index in [4.69, 9.17) is 9.84 Å². The first-order valence-electron chi connectivity index (χ1n) is 7.50. The second kappa shape index (κ2) is 7.82. The fourth-order valence-corrected chi connectivity index (χ4v) is 2.91. The number of aliphatic hydroxyl groups excluding tert-OH is 1. The molecule has 1 amide bonds. The van der Waals surface area contributed by atoms with E-state index < -0.39 is 0 Å². The molecule has 2 rings (SSSR count). The molecule has 2 heterocycles. The van der Waals surface area contributed by atoms with Gasteiger partial charge in [-0.1, -0.05) is 0 Å². The fraction of sp³-hybridized carbons (Fsp3) is 0.929. The number of nitrogens with one attached hydrogen (secondary N) is 1. The Kier molecular flexibility index (Phi) is 6.07. The van der Waals surface area contributed by atoms with Crippen molar-refractivity contribution in [2.45, 2.75) is 38.2 Å². The summed E-state index contributed by atoms with van der Waals surface area (Å²) in [5.41, 5.74) is 0. The Hall–Kier alpha value is -0.650. The number of nitrogens with zero attached hydrogens (tertiary/aromatic N) is 1. The number of hydrogen-bond acceptors (Lipinski definition) is 4. The molecule has 19 heavy (non-hydrogen) atoms. The Labute approximate surface area is 115 Å². The van der Waals surface area contributed by atoms with Gasteiger partial charge in [0.1, 0.15) is 0 Å². The van der Waals surface area contributed by atoms with Crippen molar-refractivity contribution < 1.29 is 14.6 Å². The SMILES string of the molecule is O=C(CCOC1CCNCC1)N1CCC(CCO)C1. The standard InChI is InChI=1S/C14H26N2O3/c17-9-4-12-3-8-16(11-12)14(18)5-10-19-13-1-6-15-7-2-13/h12-13,15,17H,1-11H2. The summed E-state index contributed by atoms with van der Waals surface area (Å²) in [5.74, 6) is 0.689. The van der Waals surface area contributed by atoms with Crippen LogP contribution in [0.15, 0.2) is 0 Å². The lowest BCUT2D eigenvalue weighted by atomic mass is 10.1. The van der Waals surface area contributed by atoms with Crippen LogP contribution in [-0.2, 0) is 9.53 Å². The van der Waals surface area contributed by atoms with Gasteiger partial charge in [-0.25, -0.2) is 0 Å². The van der Waals surface area contributed by atoms with Gasteiger partial charge >= 0.3 is 0 Å². The number of piperidine rings is 1. The van der Waals surface area contributed by atoms with Crippen molar-refractivity contribution in [3.8, 4) is 0 Å². The third kappa shape index (κ3) is 4.75. The van der Waals surface area contributed by atoms with Gasteiger partial charge in [-0.2, -0.15) is 0 Å². The van der Waals surface area contributed by atoms with Gasteiger partial charge in [-0.05, 0) is 44.7 Å². The van der Waals surface area contributed by atoms with Crippen LogP contribution >= 0.6 is 0 Å². The smallest absolute Gasteiger partial charge is 0.224 e.